The van der Waals surface area contributed by atoms with E-state index in [1.807, 2.05) is 6.07 Å². The maximum absolute atomic E-state index is 14.3. The van der Waals surface area contributed by atoms with Crippen LogP contribution in [-0.2, 0) is 24.7 Å². The first-order valence-electron chi connectivity index (χ1n) is 17.8. The Hall–Kier alpha value is -6.85. The van der Waals surface area contributed by atoms with Gasteiger partial charge in [-0.05, 0) is 74.5 Å². The molecule has 326 valence electrons. The van der Waals surface area contributed by atoms with Crippen LogP contribution in [0.4, 0.5) is 65.9 Å². The Morgan fingerprint density at radius 3 is 1.00 bits per heavy atom. The molecule has 0 atom stereocenters. The molecule has 0 unspecified atom stereocenters. The minimum Gasteiger partial charge on any atom is -0.307 e. The van der Waals surface area contributed by atoms with Gasteiger partial charge in [0.15, 0.2) is 5.82 Å². The number of halogens is 15. The van der Waals surface area contributed by atoms with Crippen LogP contribution in [0.3, 0.4) is 0 Å². The lowest BCUT2D eigenvalue weighted by atomic mass is 10.0. The van der Waals surface area contributed by atoms with Crippen molar-refractivity contribution < 1.29 is 65.9 Å². The summed E-state index contributed by atoms with van der Waals surface area (Å²) in [5.41, 5.74) is -7.42. The van der Waals surface area contributed by atoms with Crippen molar-refractivity contribution in [3.63, 3.8) is 0 Å². The smallest absolute Gasteiger partial charge is 0.307 e. The standard InChI is InChI=1S/C40H20F12N6.C2H3F3/c1-18-54-19(2)56-36(55-18)29-16-35(58-32-14-23(39(47,48)49)5-9-27(32)28-10-6-24(15-33(28)58)40(50,51)52)34(11-20(29)17-53)57-30-12-21(37(41,42)43)3-7-25(30)26-8-4-22(13-31(26)57)38(44,45)46;1-2(3,4)5/h3-16H,1-2H3;1H3. The third kappa shape index (κ3) is 8.53. The molecule has 0 aliphatic rings. The molecule has 0 aliphatic carbocycles. The monoisotopic (exact) mass is 896 g/mol. The van der Waals surface area contributed by atoms with Crippen LogP contribution in [0.1, 0.15) is 46.4 Å². The number of rotatable bonds is 3. The van der Waals surface area contributed by atoms with Crippen LogP contribution >= 0.6 is 0 Å². The summed E-state index contributed by atoms with van der Waals surface area (Å²) in [7, 11) is 0. The number of aromatic nitrogens is 5. The van der Waals surface area contributed by atoms with E-state index in [4.69, 9.17) is 0 Å². The Kier molecular flexibility index (Phi) is 10.5. The largest absolute Gasteiger partial charge is 0.416 e. The quantitative estimate of drug-likeness (QED) is 0.166. The topological polar surface area (TPSA) is 72.3 Å². The first kappa shape index (κ1) is 44.2. The molecule has 0 N–H and O–H groups in total. The van der Waals surface area contributed by atoms with Crippen molar-refractivity contribution in [1.82, 2.24) is 24.1 Å². The molecule has 8 rings (SSSR count). The number of nitrogens with zero attached hydrogens (tertiary/aromatic N) is 6. The fourth-order valence-electron chi connectivity index (χ4n) is 7.21. The molecule has 0 spiro atoms. The van der Waals surface area contributed by atoms with E-state index >= 15 is 0 Å². The van der Waals surface area contributed by atoms with Gasteiger partial charge in [0.2, 0.25) is 0 Å². The van der Waals surface area contributed by atoms with Crippen molar-refractivity contribution in [2.24, 2.45) is 0 Å². The van der Waals surface area contributed by atoms with E-state index < -0.39 is 53.1 Å². The number of hydrogen-bond acceptors (Lipinski definition) is 4. The minimum absolute atomic E-state index is 0.00918. The third-order valence-electron chi connectivity index (χ3n) is 9.66. The van der Waals surface area contributed by atoms with Gasteiger partial charge in [-0.25, -0.2) is 15.0 Å². The maximum atomic E-state index is 14.3. The average Bonchev–Trinajstić information content (AvgIpc) is 3.66. The molecule has 21 heteroatoms. The Balaban J connectivity index is 0.00000113. The number of hydrogen-bond donors (Lipinski definition) is 0. The molecule has 0 saturated carbocycles. The summed E-state index contributed by atoms with van der Waals surface area (Å²) in [6.07, 6.45) is -23.9. The van der Waals surface area contributed by atoms with Gasteiger partial charge in [0.25, 0.3) is 0 Å². The minimum atomic E-state index is -4.97. The molecule has 6 nitrogen and oxygen atoms in total. The average molecular weight is 897 g/mol. The van der Waals surface area contributed by atoms with Crippen LogP contribution in [0, 0.1) is 25.2 Å². The predicted octanol–water partition coefficient (Wildman–Crippen LogP) is 13.9. The summed E-state index contributed by atoms with van der Waals surface area (Å²) < 4.78 is 204. The van der Waals surface area contributed by atoms with Crippen molar-refractivity contribution in [2.45, 2.75) is 51.7 Å². The Morgan fingerprint density at radius 2 is 0.730 bits per heavy atom. The molecule has 3 heterocycles. The number of fused-ring (bicyclic) bond motifs is 6. The van der Waals surface area contributed by atoms with Crippen molar-refractivity contribution in [1.29, 1.82) is 5.26 Å². The van der Waals surface area contributed by atoms with Crippen molar-refractivity contribution in [3.8, 4) is 28.8 Å². The highest BCUT2D eigenvalue weighted by molar-refractivity contribution is 6.12. The van der Waals surface area contributed by atoms with Crippen LogP contribution in [0.15, 0.2) is 84.9 Å². The second kappa shape index (κ2) is 14.9. The second-order valence-electron chi connectivity index (χ2n) is 14.1. The highest BCUT2D eigenvalue weighted by atomic mass is 19.4. The van der Waals surface area contributed by atoms with E-state index in [0.717, 1.165) is 57.7 Å². The number of aryl methyl sites for hydroxylation is 2. The van der Waals surface area contributed by atoms with Gasteiger partial charge in [0.1, 0.15) is 11.6 Å². The molecular weight excluding hydrogens is 873 g/mol. The summed E-state index contributed by atoms with van der Waals surface area (Å²) in [5.74, 6) is 0.142. The van der Waals surface area contributed by atoms with E-state index in [1.165, 1.54) is 13.8 Å². The van der Waals surface area contributed by atoms with E-state index in [2.05, 4.69) is 15.0 Å². The molecule has 0 fully saturated rings. The zero-order valence-electron chi connectivity index (χ0n) is 31.9. The molecule has 0 radical (unpaired) electrons. The zero-order chi connectivity index (χ0) is 46.4. The maximum Gasteiger partial charge on any atom is 0.416 e. The first-order chi connectivity index (χ1) is 29.0. The molecule has 5 aromatic carbocycles. The molecule has 0 aliphatic heterocycles. The van der Waals surface area contributed by atoms with Gasteiger partial charge in [-0.3, -0.25) is 0 Å². The summed E-state index contributed by atoms with van der Waals surface area (Å²) in [4.78, 5) is 12.7. The van der Waals surface area contributed by atoms with E-state index in [-0.39, 0.29) is 90.5 Å². The van der Waals surface area contributed by atoms with Crippen LogP contribution in [0.2, 0.25) is 0 Å². The van der Waals surface area contributed by atoms with E-state index in [0.29, 0.717) is 36.4 Å². The van der Waals surface area contributed by atoms with E-state index in [1.54, 1.807) is 0 Å². The van der Waals surface area contributed by atoms with Crippen molar-refractivity contribution in [3.05, 3.63) is 124 Å². The Bertz CT molecular complexity index is 2990. The van der Waals surface area contributed by atoms with Gasteiger partial charge in [0, 0.05) is 34.0 Å². The number of alkyl halides is 15. The van der Waals surface area contributed by atoms with Gasteiger partial charge < -0.3 is 9.13 Å². The third-order valence-corrected chi connectivity index (χ3v) is 9.66. The van der Waals surface area contributed by atoms with E-state index in [9.17, 15) is 71.1 Å². The lowest BCUT2D eigenvalue weighted by Crippen LogP contribution is -2.10. The van der Waals surface area contributed by atoms with Crippen molar-refractivity contribution >= 4 is 43.6 Å². The summed E-state index contributed by atoms with van der Waals surface area (Å²) in [5, 5.41) is 10.5. The second-order valence-corrected chi connectivity index (χ2v) is 14.1. The highest BCUT2D eigenvalue weighted by Gasteiger charge is 2.36. The molecule has 0 bridgehead atoms. The lowest BCUT2D eigenvalue weighted by molar-refractivity contribution is -0.138. The predicted molar refractivity (Wildman–Crippen MR) is 200 cm³/mol. The number of benzene rings is 5. The molecule has 8 aromatic rings. The molecule has 3 aromatic heterocycles. The zero-order valence-corrected chi connectivity index (χ0v) is 31.9. The Labute approximate surface area is 343 Å². The number of nitriles is 1. The Morgan fingerprint density at radius 1 is 0.444 bits per heavy atom. The highest BCUT2D eigenvalue weighted by Crippen LogP contribution is 2.45. The van der Waals surface area contributed by atoms with Gasteiger partial charge in [-0.2, -0.15) is 71.1 Å². The van der Waals surface area contributed by atoms with Crippen LogP contribution in [0.25, 0.3) is 66.4 Å². The van der Waals surface area contributed by atoms with Gasteiger partial charge in [0.05, 0.1) is 67.3 Å². The summed E-state index contributed by atoms with van der Waals surface area (Å²) in [6.45, 7) is 3.16. The molecule has 0 saturated heterocycles. The normalized spacial score (nSPS) is 12.9. The lowest BCUT2D eigenvalue weighted by Gasteiger charge is -2.20. The SMILES string of the molecule is CC(F)(F)F.Cc1nc(C)nc(-c2cc(-n3c4cc(C(F)(F)F)ccc4c4ccc(C(F)(F)F)cc43)c(-n3c4cc(C(F)(F)F)ccc4c4ccc(C(F)(F)F)cc43)cc2C#N)n1. The summed E-state index contributed by atoms with van der Waals surface area (Å²) in [6, 6.07) is 13.8. The van der Waals surface area contributed by atoms with Crippen LogP contribution in [0.5, 0.6) is 0 Å². The van der Waals surface area contributed by atoms with Gasteiger partial charge in [-0.15, -0.1) is 0 Å². The van der Waals surface area contributed by atoms with Crippen LogP contribution < -0.4 is 0 Å². The first-order valence-corrected chi connectivity index (χ1v) is 17.8. The summed E-state index contributed by atoms with van der Waals surface area (Å²) >= 11 is 0. The molecule has 63 heavy (non-hydrogen) atoms. The molecular formula is C42H23F15N6. The fraction of sp³-hybridized carbons (Fsp3) is 0.190. The van der Waals surface area contributed by atoms with Crippen LogP contribution in [-0.4, -0.2) is 30.3 Å². The fourth-order valence-corrected chi connectivity index (χ4v) is 7.21. The van der Waals surface area contributed by atoms with Gasteiger partial charge >= 0.3 is 30.9 Å². The molecule has 0 amide bonds. The van der Waals surface area contributed by atoms with Crippen molar-refractivity contribution in [2.75, 3.05) is 0 Å². The van der Waals surface area contributed by atoms with Gasteiger partial charge in [-0.1, -0.05) is 24.3 Å².